The average molecular weight is 482 g/mol. The van der Waals surface area contributed by atoms with Gasteiger partial charge >= 0.3 is 0 Å². The van der Waals surface area contributed by atoms with Gasteiger partial charge in [-0.15, -0.1) is 0 Å². The van der Waals surface area contributed by atoms with Crippen molar-refractivity contribution in [1.82, 2.24) is 15.6 Å². The van der Waals surface area contributed by atoms with Gasteiger partial charge in [0.15, 0.2) is 16.7 Å². The summed E-state index contributed by atoms with van der Waals surface area (Å²) in [6.07, 6.45) is 2.88. The van der Waals surface area contributed by atoms with E-state index < -0.39 is 6.17 Å². The highest BCUT2D eigenvalue weighted by molar-refractivity contribution is 8.14. The Morgan fingerprint density at radius 1 is 1.15 bits per heavy atom. The first-order valence-corrected chi connectivity index (χ1v) is 11.7. The van der Waals surface area contributed by atoms with E-state index in [-0.39, 0.29) is 17.6 Å². The van der Waals surface area contributed by atoms with Crippen LogP contribution in [-0.2, 0) is 16.1 Å². The van der Waals surface area contributed by atoms with Crippen molar-refractivity contribution in [3.63, 3.8) is 0 Å². The van der Waals surface area contributed by atoms with E-state index in [1.54, 1.807) is 42.5 Å². The highest BCUT2D eigenvalue weighted by Gasteiger charge is 2.38. The van der Waals surface area contributed by atoms with Crippen LogP contribution >= 0.6 is 11.8 Å². The molecule has 0 saturated carbocycles. The summed E-state index contributed by atoms with van der Waals surface area (Å²) >= 11 is 1.26. The molecule has 2 amide bonds. The Labute approximate surface area is 202 Å². The molecule has 2 aliphatic heterocycles. The molecule has 2 aromatic rings. The van der Waals surface area contributed by atoms with Crippen LogP contribution in [0.15, 0.2) is 53.9 Å². The summed E-state index contributed by atoms with van der Waals surface area (Å²) in [5.74, 6) is 1.05. The number of hydrazone groups is 1. The molecule has 0 bridgehead atoms. The van der Waals surface area contributed by atoms with E-state index in [0.29, 0.717) is 23.2 Å². The number of rotatable bonds is 7. The molecule has 0 aromatic heterocycles. The van der Waals surface area contributed by atoms with Gasteiger partial charge in [0.2, 0.25) is 12.1 Å². The van der Waals surface area contributed by atoms with E-state index in [1.165, 1.54) is 17.3 Å². The summed E-state index contributed by atoms with van der Waals surface area (Å²) in [5, 5.41) is 7.72. The first-order valence-electron chi connectivity index (χ1n) is 10.7. The maximum Gasteiger partial charge on any atom is 0.276 e. The second-order valence-electron chi connectivity index (χ2n) is 7.83. The van der Waals surface area contributed by atoms with Crippen molar-refractivity contribution in [2.75, 3.05) is 24.9 Å². The lowest BCUT2D eigenvalue weighted by Gasteiger charge is -2.32. The summed E-state index contributed by atoms with van der Waals surface area (Å²) < 4.78 is 10.7. The summed E-state index contributed by atoms with van der Waals surface area (Å²) in [7, 11) is 3.14. The Morgan fingerprint density at radius 3 is 2.71 bits per heavy atom. The number of hydrogen-bond donors (Lipinski definition) is 2. The number of carbonyl (C=O) groups excluding carboxylic acids is 2. The number of methoxy groups -OCH3 is 2. The molecule has 1 unspecified atom stereocenters. The second-order valence-corrected chi connectivity index (χ2v) is 8.77. The minimum atomic E-state index is -0.641. The lowest BCUT2D eigenvalue weighted by atomic mass is 10.1. The maximum atomic E-state index is 13.0. The van der Waals surface area contributed by atoms with Gasteiger partial charge in [0.25, 0.3) is 5.91 Å². The third kappa shape index (κ3) is 4.67. The van der Waals surface area contributed by atoms with Crippen molar-refractivity contribution < 1.29 is 19.1 Å². The zero-order chi connectivity index (χ0) is 24.2. The Balaban J connectivity index is 1.34. The molecule has 0 spiro atoms. The van der Waals surface area contributed by atoms with Crippen LogP contribution in [0.1, 0.15) is 16.7 Å². The number of ether oxygens (including phenoxy) is 2. The second kappa shape index (κ2) is 10.1. The van der Waals surface area contributed by atoms with Gasteiger partial charge in [0.1, 0.15) is 0 Å². The van der Waals surface area contributed by atoms with Gasteiger partial charge in [0, 0.05) is 30.2 Å². The van der Waals surface area contributed by atoms with Crippen molar-refractivity contribution in [2.24, 2.45) is 5.10 Å². The SMILES string of the molecule is COc1cccc(CNC(=O)CSC2=NNC3C(=O)N(c4ccc(C)c(C)c4)C=CN23)c1OC. The van der Waals surface area contributed by atoms with E-state index >= 15 is 0 Å². The lowest BCUT2D eigenvalue weighted by molar-refractivity contribution is -0.122. The van der Waals surface area contributed by atoms with Crippen LogP contribution in [0.4, 0.5) is 5.69 Å². The molecule has 0 saturated heterocycles. The molecule has 4 rings (SSSR count). The van der Waals surface area contributed by atoms with Gasteiger partial charge in [0.05, 0.1) is 20.0 Å². The molecule has 2 aliphatic rings. The lowest BCUT2D eigenvalue weighted by Crippen LogP contribution is -2.52. The van der Waals surface area contributed by atoms with Crippen LogP contribution < -0.4 is 25.1 Å². The van der Waals surface area contributed by atoms with Crippen LogP contribution in [0.5, 0.6) is 11.5 Å². The zero-order valence-electron chi connectivity index (χ0n) is 19.5. The van der Waals surface area contributed by atoms with Crippen molar-refractivity contribution >= 4 is 34.4 Å². The minimum absolute atomic E-state index is 0.139. The monoisotopic (exact) mass is 481 g/mol. The number of benzene rings is 2. The van der Waals surface area contributed by atoms with Gasteiger partial charge in [-0.05, 0) is 43.2 Å². The highest BCUT2D eigenvalue weighted by atomic mass is 32.2. The minimum Gasteiger partial charge on any atom is -0.493 e. The van der Waals surface area contributed by atoms with Crippen molar-refractivity contribution in [3.05, 3.63) is 65.5 Å². The normalized spacial score (nSPS) is 16.6. The molecule has 0 radical (unpaired) electrons. The molecular formula is C24H27N5O4S. The third-order valence-corrected chi connectivity index (χ3v) is 6.66. The number of para-hydroxylation sites is 1. The van der Waals surface area contributed by atoms with Crippen molar-refractivity contribution in [3.8, 4) is 11.5 Å². The topological polar surface area (TPSA) is 95.5 Å². The summed E-state index contributed by atoms with van der Waals surface area (Å²) in [5.41, 5.74) is 6.79. The largest absolute Gasteiger partial charge is 0.493 e. The molecule has 34 heavy (non-hydrogen) atoms. The number of nitrogens with zero attached hydrogens (tertiary/aromatic N) is 3. The fraction of sp³-hybridized carbons (Fsp3) is 0.292. The zero-order valence-corrected chi connectivity index (χ0v) is 20.3. The van der Waals surface area contributed by atoms with Crippen molar-refractivity contribution in [2.45, 2.75) is 26.6 Å². The van der Waals surface area contributed by atoms with Gasteiger partial charge < -0.3 is 14.8 Å². The number of thioether (sulfide) groups is 1. The molecule has 10 heteroatoms. The van der Waals surface area contributed by atoms with E-state index in [4.69, 9.17) is 9.47 Å². The van der Waals surface area contributed by atoms with Gasteiger partial charge in [-0.25, -0.2) is 0 Å². The van der Waals surface area contributed by atoms with E-state index in [9.17, 15) is 9.59 Å². The summed E-state index contributed by atoms with van der Waals surface area (Å²) in [4.78, 5) is 28.9. The number of aryl methyl sites for hydroxylation is 2. The molecule has 2 aromatic carbocycles. The van der Waals surface area contributed by atoms with Crippen LogP contribution in [0.2, 0.25) is 0 Å². The van der Waals surface area contributed by atoms with Gasteiger partial charge in [-0.3, -0.25) is 24.8 Å². The fourth-order valence-corrected chi connectivity index (χ4v) is 4.47. The Kier molecular flexibility index (Phi) is 6.97. The average Bonchev–Trinajstić information content (AvgIpc) is 3.27. The molecule has 9 nitrogen and oxygen atoms in total. The molecule has 0 fully saturated rings. The Morgan fingerprint density at radius 2 is 1.97 bits per heavy atom. The van der Waals surface area contributed by atoms with Gasteiger partial charge in [-0.2, -0.15) is 5.10 Å². The molecule has 0 aliphatic carbocycles. The van der Waals surface area contributed by atoms with Crippen LogP contribution in [0.25, 0.3) is 0 Å². The molecule has 2 heterocycles. The number of hydrogen-bond acceptors (Lipinski definition) is 8. The van der Waals surface area contributed by atoms with Crippen LogP contribution in [0, 0.1) is 13.8 Å². The van der Waals surface area contributed by atoms with Crippen LogP contribution in [0.3, 0.4) is 0 Å². The number of nitrogens with one attached hydrogen (secondary N) is 2. The van der Waals surface area contributed by atoms with Gasteiger partial charge in [-0.1, -0.05) is 30.0 Å². The Bertz CT molecular complexity index is 1170. The number of amides is 2. The number of anilines is 1. The summed E-state index contributed by atoms with van der Waals surface area (Å²) in [6.45, 7) is 4.36. The predicted octanol–water partition coefficient (Wildman–Crippen LogP) is 2.69. The first kappa shape index (κ1) is 23.5. The quantitative estimate of drug-likeness (QED) is 0.628. The smallest absolute Gasteiger partial charge is 0.276 e. The maximum absolute atomic E-state index is 13.0. The molecular weight excluding hydrogens is 454 g/mol. The standard InChI is InChI=1S/C24H27N5O4S/c1-15-8-9-18(12-16(15)2)28-10-11-29-22(23(28)31)26-27-24(29)34-14-20(30)25-13-17-6-5-7-19(32-3)21(17)33-4/h5-12,22,26H,13-14H2,1-4H3,(H,25,30). The fourth-order valence-electron chi connectivity index (χ4n) is 3.68. The highest BCUT2D eigenvalue weighted by Crippen LogP contribution is 2.31. The van der Waals surface area contributed by atoms with E-state index in [2.05, 4.69) is 15.8 Å². The van der Waals surface area contributed by atoms with E-state index in [0.717, 1.165) is 16.8 Å². The summed E-state index contributed by atoms with van der Waals surface area (Å²) in [6, 6.07) is 11.4. The number of amidine groups is 1. The third-order valence-electron chi connectivity index (χ3n) is 5.69. The van der Waals surface area contributed by atoms with Crippen molar-refractivity contribution in [1.29, 1.82) is 0 Å². The van der Waals surface area contributed by atoms with Crippen LogP contribution in [-0.4, -0.2) is 48.0 Å². The number of carbonyl (C=O) groups is 2. The van der Waals surface area contributed by atoms with E-state index in [1.807, 2.05) is 44.2 Å². The Hall–Kier alpha value is -3.66. The molecule has 2 N–H and O–H groups in total. The predicted molar refractivity (Wildman–Crippen MR) is 133 cm³/mol. The molecule has 1 atom stereocenters. The number of fused-ring (bicyclic) bond motifs is 1. The molecule has 178 valence electrons. The first-order chi connectivity index (χ1) is 16.4.